The first kappa shape index (κ1) is 12.4. The Morgan fingerprint density at radius 1 is 1.35 bits per heavy atom. The largest absolute Gasteiger partial charge is 0.392 e. The summed E-state index contributed by atoms with van der Waals surface area (Å²) in [5.41, 5.74) is 1.94. The van der Waals surface area contributed by atoms with Gasteiger partial charge in [0, 0.05) is 18.3 Å². The van der Waals surface area contributed by atoms with Crippen LogP contribution < -0.4 is 4.90 Å². The van der Waals surface area contributed by atoms with Gasteiger partial charge in [-0.3, -0.25) is 0 Å². The van der Waals surface area contributed by atoms with Crippen molar-refractivity contribution in [2.45, 2.75) is 46.3 Å². The molecule has 3 heteroatoms. The molecular weight excluding hydrogens is 212 g/mol. The predicted molar refractivity (Wildman–Crippen MR) is 70.1 cm³/mol. The van der Waals surface area contributed by atoms with Crippen molar-refractivity contribution in [2.24, 2.45) is 5.92 Å². The standard InChI is InChI=1S/C14H22N2O/c1-10-4-5-12(3)16(8-10)14-7-13(9-17)6-11(2)15-14/h6-7,10,12,17H,4-5,8-9H2,1-3H3. The predicted octanol–water partition coefficient (Wildman–Crippen LogP) is 2.51. The molecule has 1 aliphatic heterocycles. The molecule has 0 aromatic carbocycles. The zero-order valence-corrected chi connectivity index (χ0v) is 11.0. The van der Waals surface area contributed by atoms with E-state index in [1.807, 2.05) is 19.1 Å². The van der Waals surface area contributed by atoms with Gasteiger partial charge in [-0.25, -0.2) is 4.98 Å². The van der Waals surface area contributed by atoms with E-state index in [-0.39, 0.29) is 6.61 Å². The Balaban J connectivity index is 2.28. The molecule has 1 aliphatic rings. The highest BCUT2D eigenvalue weighted by molar-refractivity contribution is 5.44. The zero-order valence-electron chi connectivity index (χ0n) is 11.0. The van der Waals surface area contributed by atoms with Gasteiger partial charge in [0.15, 0.2) is 0 Å². The minimum absolute atomic E-state index is 0.0914. The number of rotatable bonds is 2. The van der Waals surface area contributed by atoms with Crippen molar-refractivity contribution in [2.75, 3.05) is 11.4 Å². The lowest BCUT2D eigenvalue weighted by molar-refractivity contribution is 0.281. The number of aliphatic hydroxyl groups excluding tert-OH is 1. The summed E-state index contributed by atoms with van der Waals surface area (Å²) in [7, 11) is 0. The summed E-state index contributed by atoms with van der Waals surface area (Å²) in [5.74, 6) is 1.75. The minimum atomic E-state index is 0.0914. The number of aryl methyl sites for hydroxylation is 1. The molecule has 0 bridgehead atoms. The first-order valence-corrected chi connectivity index (χ1v) is 6.45. The van der Waals surface area contributed by atoms with Crippen molar-refractivity contribution < 1.29 is 5.11 Å². The highest BCUT2D eigenvalue weighted by Crippen LogP contribution is 2.27. The Kier molecular flexibility index (Phi) is 3.67. The van der Waals surface area contributed by atoms with Gasteiger partial charge in [0.05, 0.1) is 6.61 Å². The SMILES string of the molecule is Cc1cc(CO)cc(N2CC(C)CCC2C)n1. The van der Waals surface area contributed by atoms with Gasteiger partial charge in [0.25, 0.3) is 0 Å². The molecule has 3 nitrogen and oxygen atoms in total. The lowest BCUT2D eigenvalue weighted by Crippen LogP contribution is -2.41. The minimum Gasteiger partial charge on any atom is -0.392 e. The summed E-state index contributed by atoms with van der Waals surface area (Å²) < 4.78 is 0. The topological polar surface area (TPSA) is 36.4 Å². The molecule has 2 atom stereocenters. The number of aromatic nitrogens is 1. The van der Waals surface area contributed by atoms with E-state index in [4.69, 9.17) is 0 Å². The third-order valence-corrected chi connectivity index (χ3v) is 3.59. The Hall–Kier alpha value is -1.09. The van der Waals surface area contributed by atoms with Crippen molar-refractivity contribution in [3.63, 3.8) is 0 Å². The summed E-state index contributed by atoms with van der Waals surface area (Å²) in [6.45, 7) is 7.70. The molecule has 94 valence electrons. The molecule has 17 heavy (non-hydrogen) atoms. The van der Waals surface area contributed by atoms with Gasteiger partial charge in [0.1, 0.15) is 5.82 Å². The Bertz CT molecular complexity index is 392. The smallest absolute Gasteiger partial charge is 0.129 e. The van der Waals surface area contributed by atoms with E-state index in [2.05, 4.69) is 23.7 Å². The summed E-state index contributed by atoms with van der Waals surface area (Å²) in [4.78, 5) is 6.98. The summed E-state index contributed by atoms with van der Waals surface area (Å²) in [6, 6.07) is 4.51. The van der Waals surface area contributed by atoms with Gasteiger partial charge in [0.2, 0.25) is 0 Å². The van der Waals surface area contributed by atoms with Crippen LogP contribution in [-0.4, -0.2) is 22.7 Å². The van der Waals surface area contributed by atoms with Crippen LogP contribution in [0.4, 0.5) is 5.82 Å². The van der Waals surface area contributed by atoms with Crippen LogP contribution in [0.1, 0.15) is 37.9 Å². The van der Waals surface area contributed by atoms with E-state index in [1.165, 1.54) is 12.8 Å². The van der Waals surface area contributed by atoms with Crippen LogP contribution in [0.5, 0.6) is 0 Å². The fourth-order valence-electron chi connectivity index (χ4n) is 2.57. The molecule has 1 N–H and O–H groups in total. The van der Waals surface area contributed by atoms with E-state index >= 15 is 0 Å². The Morgan fingerprint density at radius 3 is 2.82 bits per heavy atom. The van der Waals surface area contributed by atoms with Crippen LogP contribution >= 0.6 is 0 Å². The molecule has 1 aromatic heterocycles. The number of hydrogen-bond donors (Lipinski definition) is 1. The number of aliphatic hydroxyl groups is 1. The monoisotopic (exact) mass is 234 g/mol. The quantitative estimate of drug-likeness (QED) is 0.854. The maximum absolute atomic E-state index is 9.26. The summed E-state index contributed by atoms with van der Waals surface area (Å²) in [6.07, 6.45) is 2.53. The number of piperidine rings is 1. The van der Waals surface area contributed by atoms with E-state index < -0.39 is 0 Å². The molecule has 2 heterocycles. The van der Waals surface area contributed by atoms with Crippen molar-refractivity contribution >= 4 is 5.82 Å². The molecule has 1 saturated heterocycles. The molecule has 0 amide bonds. The molecule has 1 aromatic rings. The van der Waals surface area contributed by atoms with E-state index in [9.17, 15) is 5.11 Å². The highest BCUT2D eigenvalue weighted by Gasteiger charge is 2.24. The molecule has 0 saturated carbocycles. The van der Waals surface area contributed by atoms with Gasteiger partial charge in [-0.05, 0) is 50.3 Å². The number of hydrogen-bond acceptors (Lipinski definition) is 3. The van der Waals surface area contributed by atoms with E-state index in [0.29, 0.717) is 6.04 Å². The lowest BCUT2D eigenvalue weighted by Gasteiger charge is -2.38. The number of anilines is 1. The fraction of sp³-hybridized carbons (Fsp3) is 0.643. The molecule has 2 unspecified atom stereocenters. The highest BCUT2D eigenvalue weighted by atomic mass is 16.3. The molecule has 1 fully saturated rings. The fourth-order valence-corrected chi connectivity index (χ4v) is 2.57. The van der Waals surface area contributed by atoms with Crippen molar-refractivity contribution in [3.05, 3.63) is 23.4 Å². The lowest BCUT2D eigenvalue weighted by atomic mass is 9.95. The second kappa shape index (κ2) is 5.05. The van der Waals surface area contributed by atoms with Gasteiger partial charge in [-0.15, -0.1) is 0 Å². The third kappa shape index (κ3) is 2.78. The van der Waals surface area contributed by atoms with Crippen LogP contribution in [0.3, 0.4) is 0 Å². The van der Waals surface area contributed by atoms with Crippen LogP contribution in [-0.2, 0) is 6.61 Å². The van der Waals surface area contributed by atoms with Crippen molar-refractivity contribution in [1.29, 1.82) is 0 Å². The Labute approximate surface area is 103 Å². The molecule has 2 rings (SSSR count). The Morgan fingerprint density at radius 2 is 2.12 bits per heavy atom. The maximum Gasteiger partial charge on any atom is 0.129 e. The van der Waals surface area contributed by atoms with Crippen LogP contribution in [0.2, 0.25) is 0 Å². The number of nitrogens with zero attached hydrogens (tertiary/aromatic N) is 2. The molecular formula is C14H22N2O. The molecule has 0 radical (unpaired) electrons. The van der Waals surface area contributed by atoms with Crippen LogP contribution in [0.15, 0.2) is 12.1 Å². The van der Waals surface area contributed by atoms with Crippen molar-refractivity contribution in [3.8, 4) is 0 Å². The first-order chi connectivity index (χ1) is 8.10. The van der Waals surface area contributed by atoms with Crippen LogP contribution in [0.25, 0.3) is 0 Å². The normalized spacial score (nSPS) is 25.1. The summed E-state index contributed by atoms with van der Waals surface area (Å²) in [5, 5.41) is 9.26. The number of pyridine rings is 1. The van der Waals surface area contributed by atoms with E-state index in [1.54, 1.807) is 0 Å². The van der Waals surface area contributed by atoms with E-state index in [0.717, 1.165) is 29.5 Å². The average Bonchev–Trinajstić information content (AvgIpc) is 2.31. The van der Waals surface area contributed by atoms with Gasteiger partial charge in [-0.1, -0.05) is 6.92 Å². The second-order valence-electron chi connectivity index (χ2n) is 5.32. The first-order valence-electron chi connectivity index (χ1n) is 6.45. The van der Waals surface area contributed by atoms with Crippen molar-refractivity contribution in [1.82, 2.24) is 4.98 Å². The molecule has 0 spiro atoms. The second-order valence-corrected chi connectivity index (χ2v) is 5.32. The third-order valence-electron chi connectivity index (χ3n) is 3.59. The van der Waals surface area contributed by atoms with Gasteiger partial charge >= 0.3 is 0 Å². The van der Waals surface area contributed by atoms with Crippen LogP contribution in [0, 0.1) is 12.8 Å². The van der Waals surface area contributed by atoms with Gasteiger partial charge < -0.3 is 10.0 Å². The molecule has 0 aliphatic carbocycles. The summed E-state index contributed by atoms with van der Waals surface area (Å²) >= 11 is 0. The average molecular weight is 234 g/mol. The zero-order chi connectivity index (χ0) is 12.4. The maximum atomic E-state index is 9.26. The van der Waals surface area contributed by atoms with Gasteiger partial charge in [-0.2, -0.15) is 0 Å².